The van der Waals surface area contributed by atoms with Crippen molar-refractivity contribution in [3.8, 4) is 33.8 Å². The van der Waals surface area contributed by atoms with Crippen LogP contribution in [-0.4, -0.2) is 107 Å². The lowest BCUT2D eigenvalue weighted by Crippen LogP contribution is -2.51. The number of hydrogen-bond acceptors (Lipinski definition) is 10. The molecule has 0 spiro atoms. The molecule has 57 heavy (non-hydrogen) atoms. The van der Waals surface area contributed by atoms with E-state index in [2.05, 4.69) is 80.7 Å². The standard InChI is InChI=1S/C43H58N8O6/c1-26(2)33(48-43(56-6)57-7)22-32(25-52)50-20-9-11-37(50)40-45-23-34(46-40)30-16-12-28(13-17-30)29-14-18-31(19-15-29)39-44-24-35(47-39)36-10-8-21-51(36)41(53)38(27(3)4)49-42(54)55-5/h12-19,23-27,32-33,36-38,43,48H,8-11,20-22H2,1-7H3,(H,44,47)(H,45,46)(H,49,54)/t32?,33-,36?,37+,38+/m1/s1. The summed E-state index contributed by atoms with van der Waals surface area (Å²) >= 11 is 0. The van der Waals surface area contributed by atoms with Crippen molar-refractivity contribution in [1.82, 2.24) is 40.4 Å². The zero-order valence-corrected chi connectivity index (χ0v) is 34.2. The first kappa shape index (κ1) is 41.7. The average molecular weight is 783 g/mol. The SMILES string of the molecule is COC(=O)N[C@H](C(=O)N1CCCC1c1cnc(-c2ccc(-c3ccc(-c4cnc([C@@H]5CCCN5C(C=O)C[C@@H](NC(OC)OC)C(C)C)[nH]4)cc3)cc2)[nH]1)C(C)C. The van der Waals surface area contributed by atoms with Crippen LogP contribution in [0.3, 0.4) is 0 Å². The predicted octanol–water partition coefficient (Wildman–Crippen LogP) is 6.46. The number of rotatable bonds is 17. The number of alkyl carbamates (subject to hydrolysis) is 1. The van der Waals surface area contributed by atoms with Crippen molar-refractivity contribution < 1.29 is 28.6 Å². The molecule has 2 aromatic carbocycles. The Morgan fingerprint density at radius 1 is 0.825 bits per heavy atom. The zero-order chi connectivity index (χ0) is 40.6. The Labute approximate surface area is 335 Å². The molecule has 0 aliphatic carbocycles. The highest BCUT2D eigenvalue weighted by molar-refractivity contribution is 5.86. The molecule has 0 radical (unpaired) electrons. The monoisotopic (exact) mass is 782 g/mol. The smallest absolute Gasteiger partial charge is 0.407 e. The van der Waals surface area contributed by atoms with Crippen LogP contribution in [0, 0.1) is 11.8 Å². The van der Waals surface area contributed by atoms with E-state index >= 15 is 0 Å². The highest BCUT2D eigenvalue weighted by Gasteiger charge is 2.38. The predicted molar refractivity (Wildman–Crippen MR) is 218 cm³/mol. The normalized spacial score (nSPS) is 19.0. The van der Waals surface area contributed by atoms with E-state index in [1.165, 1.54) is 7.11 Å². The van der Waals surface area contributed by atoms with Gasteiger partial charge in [-0.3, -0.25) is 15.0 Å². The van der Waals surface area contributed by atoms with Gasteiger partial charge in [0.25, 0.3) is 0 Å². The molecule has 0 bridgehead atoms. The number of benzene rings is 2. The molecule has 2 saturated heterocycles. The third-order valence-corrected chi connectivity index (χ3v) is 11.4. The van der Waals surface area contributed by atoms with Crippen LogP contribution in [0.5, 0.6) is 0 Å². The van der Waals surface area contributed by atoms with Crippen LogP contribution in [0.4, 0.5) is 4.79 Å². The van der Waals surface area contributed by atoms with E-state index in [4.69, 9.17) is 19.2 Å². The summed E-state index contributed by atoms with van der Waals surface area (Å²) in [4.78, 5) is 58.6. The molecular formula is C43H58N8O6. The highest BCUT2D eigenvalue weighted by atomic mass is 16.7. The second-order valence-corrected chi connectivity index (χ2v) is 15.7. The number of likely N-dealkylation sites (tertiary alicyclic amines) is 2. The fourth-order valence-corrected chi connectivity index (χ4v) is 8.15. The Hall–Kier alpha value is -4.89. The summed E-state index contributed by atoms with van der Waals surface area (Å²) in [6.07, 6.45) is 7.85. The fourth-order valence-electron chi connectivity index (χ4n) is 8.15. The van der Waals surface area contributed by atoms with Crippen molar-refractivity contribution in [2.45, 2.75) is 96.4 Å². The number of nitrogens with one attached hydrogen (secondary N) is 4. The third-order valence-electron chi connectivity index (χ3n) is 11.4. The van der Waals surface area contributed by atoms with Crippen molar-refractivity contribution in [3.63, 3.8) is 0 Å². The molecule has 2 unspecified atom stereocenters. The second kappa shape index (κ2) is 19.0. The van der Waals surface area contributed by atoms with Crippen LogP contribution in [-0.2, 0) is 23.8 Å². The van der Waals surface area contributed by atoms with E-state index < -0.39 is 18.5 Å². The molecule has 2 aliphatic heterocycles. The molecule has 2 amide bonds. The number of carbonyl (C=O) groups is 3. The van der Waals surface area contributed by atoms with Gasteiger partial charge in [-0.1, -0.05) is 76.2 Å². The summed E-state index contributed by atoms with van der Waals surface area (Å²) in [7, 11) is 4.49. The Bertz CT molecular complexity index is 1920. The van der Waals surface area contributed by atoms with Crippen molar-refractivity contribution in [1.29, 1.82) is 0 Å². The summed E-state index contributed by atoms with van der Waals surface area (Å²) in [6.45, 7) is 9.53. The van der Waals surface area contributed by atoms with Crippen LogP contribution < -0.4 is 10.6 Å². The minimum Gasteiger partial charge on any atom is -0.453 e. The van der Waals surface area contributed by atoms with Crippen LogP contribution in [0.25, 0.3) is 33.8 Å². The molecule has 0 saturated carbocycles. The molecule has 6 rings (SSSR count). The van der Waals surface area contributed by atoms with Gasteiger partial charge in [0.2, 0.25) is 12.3 Å². The molecule has 4 heterocycles. The summed E-state index contributed by atoms with van der Waals surface area (Å²) in [5.41, 5.74) is 5.94. The summed E-state index contributed by atoms with van der Waals surface area (Å²) in [6, 6.07) is 15.6. The van der Waals surface area contributed by atoms with Gasteiger partial charge in [-0.25, -0.2) is 14.8 Å². The van der Waals surface area contributed by atoms with Crippen LogP contribution in [0.1, 0.15) is 83.4 Å². The third kappa shape index (κ3) is 9.63. The maximum Gasteiger partial charge on any atom is 0.407 e. The number of carbonyl (C=O) groups excluding carboxylic acids is 3. The number of hydrogen-bond donors (Lipinski definition) is 4. The van der Waals surface area contributed by atoms with E-state index in [1.807, 2.05) is 43.3 Å². The fraction of sp³-hybridized carbons (Fsp3) is 0.512. The molecule has 14 nitrogen and oxygen atoms in total. The van der Waals surface area contributed by atoms with Crippen LogP contribution in [0.2, 0.25) is 0 Å². The Balaban J connectivity index is 1.09. The number of nitrogens with zero attached hydrogens (tertiary/aromatic N) is 4. The second-order valence-electron chi connectivity index (χ2n) is 15.7. The summed E-state index contributed by atoms with van der Waals surface area (Å²) < 4.78 is 15.5. The number of amides is 2. The van der Waals surface area contributed by atoms with Gasteiger partial charge in [-0.05, 0) is 67.2 Å². The highest BCUT2D eigenvalue weighted by Crippen LogP contribution is 2.36. The molecule has 2 aliphatic rings. The largest absolute Gasteiger partial charge is 0.453 e. The number of H-pyrrole nitrogens is 2. The number of aromatic amines is 2. The minimum atomic E-state index is -0.673. The average Bonchev–Trinajstić information content (AvgIpc) is 4.07. The van der Waals surface area contributed by atoms with Crippen LogP contribution in [0.15, 0.2) is 60.9 Å². The number of imidazole rings is 2. The first-order valence-corrected chi connectivity index (χ1v) is 20.0. The first-order valence-electron chi connectivity index (χ1n) is 20.0. The van der Waals surface area contributed by atoms with Crippen molar-refractivity contribution in [2.75, 3.05) is 34.4 Å². The molecule has 4 aromatic rings. The van der Waals surface area contributed by atoms with Gasteiger partial charge in [-0.2, -0.15) is 0 Å². The summed E-state index contributed by atoms with van der Waals surface area (Å²) in [5, 5.41) is 6.10. The lowest BCUT2D eigenvalue weighted by molar-refractivity contribution is -0.135. The lowest BCUT2D eigenvalue weighted by atomic mass is 9.96. The molecule has 2 aromatic heterocycles. The molecule has 2 fully saturated rings. The first-order chi connectivity index (χ1) is 27.5. The maximum atomic E-state index is 13.6. The topological polar surface area (TPSA) is 167 Å². The van der Waals surface area contributed by atoms with Crippen molar-refractivity contribution in [3.05, 3.63) is 72.4 Å². The van der Waals surface area contributed by atoms with Crippen LogP contribution >= 0.6 is 0 Å². The van der Waals surface area contributed by atoms with Gasteiger partial charge in [-0.15, -0.1) is 0 Å². The van der Waals surface area contributed by atoms with E-state index in [1.54, 1.807) is 14.2 Å². The zero-order valence-electron chi connectivity index (χ0n) is 34.2. The number of ether oxygens (including phenoxy) is 3. The number of methoxy groups -OCH3 is 3. The molecule has 4 N–H and O–H groups in total. The molecule has 5 atom stereocenters. The quantitative estimate of drug-likeness (QED) is 0.0690. The maximum absolute atomic E-state index is 13.6. The lowest BCUT2D eigenvalue weighted by Gasteiger charge is -2.34. The molecule has 306 valence electrons. The Morgan fingerprint density at radius 2 is 1.46 bits per heavy atom. The van der Waals surface area contributed by atoms with E-state index in [-0.39, 0.29) is 41.9 Å². The van der Waals surface area contributed by atoms with Gasteiger partial charge in [0, 0.05) is 32.4 Å². The number of aldehydes is 1. The Morgan fingerprint density at radius 3 is 2.07 bits per heavy atom. The molecular weight excluding hydrogens is 725 g/mol. The summed E-state index contributed by atoms with van der Waals surface area (Å²) in [5.74, 6) is 1.67. The van der Waals surface area contributed by atoms with Gasteiger partial charge in [0.05, 0.1) is 49.0 Å². The van der Waals surface area contributed by atoms with Gasteiger partial charge in [0.15, 0.2) is 0 Å². The van der Waals surface area contributed by atoms with Gasteiger partial charge < -0.3 is 39.2 Å². The van der Waals surface area contributed by atoms with E-state index in [0.29, 0.717) is 13.0 Å². The van der Waals surface area contributed by atoms with Crippen molar-refractivity contribution >= 4 is 18.3 Å². The van der Waals surface area contributed by atoms with Crippen molar-refractivity contribution in [2.24, 2.45) is 11.8 Å². The van der Waals surface area contributed by atoms with Gasteiger partial charge >= 0.3 is 6.09 Å². The van der Waals surface area contributed by atoms with Gasteiger partial charge in [0.1, 0.15) is 24.0 Å². The minimum absolute atomic E-state index is 0.0256. The number of aromatic nitrogens is 4. The Kier molecular flexibility index (Phi) is 13.9. The van der Waals surface area contributed by atoms with E-state index in [0.717, 1.165) is 83.8 Å². The molecule has 14 heteroatoms. The van der Waals surface area contributed by atoms with E-state index in [9.17, 15) is 14.4 Å².